The van der Waals surface area contributed by atoms with E-state index in [9.17, 15) is 0 Å². The Kier molecular flexibility index (Phi) is 1.72. The zero-order valence-corrected chi connectivity index (χ0v) is 10.1. The molecular weight excluding hydrogens is 292 g/mol. The monoisotopic (exact) mass is 298 g/mol. The molecule has 1 aromatic rings. The third-order valence-corrected chi connectivity index (χ3v) is 4.52. The number of rotatable bonds is 0. The Morgan fingerprint density at radius 2 is 2.08 bits per heavy atom. The van der Waals surface area contributed by atoms with Crippen molar-refractivity contribution in [2.75, 3.05) is 0 Å². The smallest absolute Gasteiger partial charge is 0.0216 e. The Balaban J connectivity index is 2.26. The fraction of sp³-hybridized carbons (Fsp3) is 0.273. The zero-order chi connectivity index (χ0) is 9.00. The molecule has 2 bridgehead atoms. The summed E-state index contributed by atoms with van der Waals surface area (Å²) in [6.07, 6.45) is 3.61. The molecule has 0 saturated heterocycles. The maximum atomic E-state index is 3.64. The highest BCUT2D eigenvalue weighted by atomic mass is 79.9. The van der Waals surface area contributed by atoms with Crippen LogP contribution < -0.4 is 0 Å². The van der Waals surface area contributed by atoms with Crippen LogP contribution in [0.3, 0.4) is 0 Å². The van der Waals surface area contributed by atoms with Crippen LogP contribution in [0.1, 0.15) is 29.4 Å². The molecule has 2 atom stereocenters. The summed E-state index contributed by atoms with van der Waals surface area (Å²) in [5.74, 6) is 1.28. The largest absolute Gasteiger partial charge is 0.0661 e. The number of hydrogen-bond acceptors (Lipinski definition) is 0. The molecule has 2 aliphatic carbocycles. The Bertz CT molecular complexity index is 407. The van der Waals surface area contributed by atoms with E-state index in [0.717, 1.165) is 0 Å². The fourth-order valence-electron chi connectivity index (χ4n) is 2.47. The summed E-state index contributed by atoms with van der Waals surface area (Å²) < 4.78 is 2.65. The molecule has 0 heterocycles. The van der Waals surface area contributed by atoms with Crippen molar-refractivity contribution >= 4 is 31.9 Å². The van der Waals surface area contributed by atoms with Gasteiger partial charge in [-0.2, -0.15) is 0 Å². The molecule has 2 heteroatoms. The van der Waals surface area contributed by atoms with Gasteiger partial charge >= 0.3 is 0 Å². The van der Waals surface area contributed by atoms with E-state index in [1.165, 1.54) is 26.5 Å². The van der Waals surface area contributed by atoms with E-state index in [-0.39, 0.29) is 0 Å². The van der Waals surface area contributed by atoms with Crippen molar-refractivity contribution < 1.29 is 0 Å². The molecule has 13 heavy (non-hydrogen) atoms. The second-order valence-electron chi connectivity index (χ2n) is 3.69. The van der Waals surface area contributed by atoms with Crippen LogP contribution in [0, 0.1) is 0 Å². The van der Waals surface area contributed by atoms with Crippen molar-refractivity contribution in [3.8, 4) is 0 Å². The molecule has 0 saturated carbocycles. The van der Waals surface area contributed by atoms with Crippen LogP contribution >= 0.6 is 31.9 Å². The number of halogens is 2. The standard InChI is InChI=1S/C11H8Br2/c12-9-3-1-2-7-8-4-6(11(7)9)5-10(8)13/h1-3,5-6,8H,4H2. The Morgan fingerprint density at radius 1 is 1.23 bits per heavy atom. The SMILES string of the molecule is BrC1=CC2CC1c1cccc(Br)c12. The maximum absolute atomic E-state index is 3.64. The highest BCUT2D eigenvalue weighted by Crippen LogP contribution is 2.55. The maximum Gasteiger partial charge on any atom is 0.0216 e. The third kappa shape index (κ3) is 1.02. The quantitative estimate of drug-likeness (QED) is 0.669. The molecule has 3 rings (SSSR count). The van der Waals surface area contributed by atoms with Gasteiger partial charge in [-0.05, 0) is 28.1 Å². The lowest BCUT2D eigenvalue weighted by atomic mass is 9.97. The summed E-state index contributed by atoms with van der Waals surface area (Å²) in [7, 11) is 0. The van der Waals surface area contributed by atoms with E-state index in [1.54, 1.807) is 0 Å². The van der Waals surface area contributed by atoms with Gasteiger partial charge in [0.15, 0.2) is 0 Å². The second-order valence-corrected chi connectivity index (χ2v) is 5.46. The number of fused-ring (bicyclic) bond motifs is 5. The third-order valence-electron chi connectivity index (χ3n) is 3.02. The van der Waals surface area contributed by atoms with Crippen molar-refractivity contribution in [3.63, 3.8) is 0 Å². The molecular formula is C11H8Br2. The van der Waals surface area contributed by atoms with E-state index >= 15 is 0 Å². The van der Waals surface area contributed by atoms with Gasteiger partial charge < -0.3 is 0 Å². The predicted molar refractivity (Wildman–Crippen MR) is 61.3 cm³/mol. The number of hydrogen-bond donors (Lipinski definition) is 0. The second kappa shape index (κ2) is 2.71. The molecule has 0 N–H and O–H groups in total. The first kappa shape index (κ1) is 8.25. The van der Waals surface area contributed by atoms with Crippen molar-refractivity contribution in [2.45, 2.75) is 18.3 Å². The Morgan fingerprint density at radius 3 is 2.92 bits per heavy atom. The molecule has 0 spiro atoms. The summed E-state index contributed by atoms with van der Waals surface area (Å²) in [6, 6.07) is 6.52. The Hall–Kier alpha value is -0.0800. The molecule has 0 amide bonds. The summed E-state index contributed by atoms with van der Waals surface area (Å²) in [6.45, 7) is 0. The summed E-state index contributed by atoms with van der Waals surface area (Å²) in [5.41, 5.74) is 3.02. The van der Waals surface area contributed by atoms with Crippen LogP contribution in [-0.2, 0) is 0 Å². The molecule has 2 aliphatic rings. The van der Waals surface area contributed by atoms with Gasteiger partial charge in [0.05, 0.1) is 0 Å². The minimum Gasteiger partial charge on any atom is -0.0661 e. The summed E-state index contributed by atoms with van der Waals surface area (Å²) in [4.78, 5) is 0. The highest BCUT2D eigenvalue weighted by Gasteiger charge is 2.37. The molecule has 0 aliphatic heterocycles. The van der Waals surface area contributed by atoms with E-state index in [1.807, 2.05) is 0 Å². The summed E-state index contributed by atoms with van der Waals surface area (Å²) in [5, 5.41) is 0. The topological polar surface area (TPSA) is 0 Å². The van der Waals surface area contributed by atoms with E-state index in [2.05, 4.69) is 56.1 Å². The molecule has 1 aromatic carbocycles. The van der Waals surface area contributed by atoms with Gasteiger partial charge in [0.1, 0.15) is 0 Å². The van der Waals surface area contributed by atoms with Crippen molar-refractivity contribution in [1.82, 2.24) is 0 Å². The van der Waals surface area contributed by atoms with Crippen molar-refractivity contribution in [3.05, 3.63) is 44.4 Å². The summed E-state index contributed by atoms with van der Waals surface area (Å²) >= 11 is 7.26. The van der Waals surface area contributed by atoms with Gasteiger partial charge in [0.25, 0.3) is 0 Å². The average molecular weight is 300 g/mol. The van der Waals surface area contributed by atoms with E-state index in [4.69, 9.17) is 0 Å². The minimum absolute atomic E-state index is 0.637. The first-order valence-electron chi connectivity index (χ1n) is 4.43. The van der Waals surface area contributed by atoms with Gasteiger partial charge in [-0.1, -0.05) is 50.1 Å². The van der Waals surface area contributed by atoms with Crippen molar-refractivity contribution in [1.29, 1.82) is 0 Å². The molecule has 0 aromatic heterocycles. The van der Waals surface area contributed by atoms with Crippen LogP contribution in [0.4, 0.5) is 0 Å². The predicted octanol–water partition coefficient (Wildman–Crippen LogP) is 4.31. The van der Waals surface area contributed by atoms with Crippen molar-refractivity contribution in [2.24, 2.45) is 0 Å². The highest BCUT2D eigenvalue weighted by molar-refractivity contribution is 9.11. The van der Waals surface area contributed by atoms with Crippen LogP contribution in [0.5, 0.6) is 0 Å². The van der Waals surface area contributed by atoms with Crippen LogP contribution in [-0.4, -0.2) is 0 Å². The van der Waals surface area contributed by atoms with Gasteiger partial charge in [0, 0.05) is 16.3 Å². The first-order chi connectivity index (χ1) is 6.27. The molecule has 2 unspecified atom stereocenters. The number of allylic oxidation sites excluding steroid dienone is 2. The van der Waals surface area contributed by atoms with Crippen LogP contribution in [0.2, 0.25) is 0 Å². The van der Waals surface area contributed by atoms with E-state index in [0.29, 0.717) is 11.8 Å². The molecule has 66 valence electrons. The zero-order valence-electron chi connectivity index (χ0n) is 6.93. The molecule has 0 radical (unpaired) electrons. The van der Waals surface area contributed by atoms with Gasteiger partial charge in [0.2, 0.25) is 0 Å². The lowest BCUT2D eigenvalue weighted by Crippen LogP contribution is -1.95. The van der Waals surface area contributed by atoms with Crippen LogP contribution in [0.25, 0.3) is 0 Å². The molecule has 0 nitrogen and oxygen atoms in total. The van der Waals surface area contributed by atoms with Gasteiger partial charge in [-0.25, -0.2) is 0 Å². The molecule has 0 fully saturated rings. The van der Waals surface area contributed by atoms with Gasteiger partial charge in [-0.15, -0.1) is 0 Å². The van der Waals surface area contributed by atoms with Gasteiger partial charge in [-0.3, -0.25) is 0 Å². The average Bonchev–Trinajstić information content (AvgIpc) is 2.61. The van der Waals surface area contributed by atoms with E-state index < -0.39 is 0 Å². The fourth-order valence-corrected chi connectivity index (χ4v) is 3.90. The Labute approximate surface area is 94.3 Å². The normalized spacial score (nSPS) is 28.9. The minimum atomic E-state index is 0.637. The first-order valence-corrected chi connectivity index (χ1v) is 6.01. The lowest BCUT2D eigenvalue weighted by molar-refractivity contribution is 0.800. The number of benzene rings is 1. The lowest BCUT2D eigenvalue weighted by Gasteiger charge is -2.14. The van der Waals surface area contributed by atoms with Crippen LogP contribution in [0.15, 0.2) is 33.2 Å².